The first-order valence-corrected chi connectivity index (χ1v) is 9.79. The molecule has 5 nitrogen and oxygen atoms in total. The zero-order valence-electron chi connectivity index (χ0n) is 15.7. The molecule has 3 aliphatic rings. The van der Waals surface area contributed by atoms with Crippen LogP contribution in [-0.4, -0.2) is 37.0 Å². The molecule has 0 saturated carbocycles. The van der Waals surface area contributed by atoms with Crippen molar-refractivity contribution in [2.75, 3.05) is 31.6 Å². The SMILES string of the molecule is CCCCCCOc1ccccc1NC(=O)O[N+]12CCC(CC1)CC2.[Cl-]. The first kappa shape index (κ1) is 20.8. The van der Waals surface area contributed by atoms with Crippen LogP contribution in [0.15, 0.2) is 24.3 Å². The summed E-state index contributed by atoms with van der Waals surface area (Å²) < 4.78 is 6.35. The van der Waals surface area contributed by atoms with Gasteiger partial charge in [-0.2, -0.15) is 0 Å². The molecule has 0 aromatic heterocycles. The van der Waals surface area contributed by atoms with Gasteiger partial charge in [-0.15, -0.1) is 4.65 Å². The number of benzene rings is 1. The second kappa shape index (κ2) is 10.0. The number of rotatable bonds is 8. The lowest BCUT2D eigenvalue weighted by atomic mass is 9.88. The molecule has 6 heteroatoms. The van der Waals surface area contributed by atoms with Crippen LogP contribution in [0.5, 0.6) is 5.75 Å². The number of anilines is 1. The van der Waals surface area contributed by atoms with E-state index in [0.717, 1.165) is 32.0 Å². The van der Waals surface area contributed by atoms with Crippen LogP contribution in [0.25, 0.3) is 0 Å². The maximum absolute atomic E-state index is 12.4. The number of carbonyl (C=O) groups is 1. The summed E-state index contributed by atoms with van der Waals surface area (Å²) in [6, 6.07) is 7.59. The van der Waals surface area contributed by atoms with Crippen LogP contribution in [0.4, 0.5) is 10.5 Å². The number of para-hydroxylation sites is 2. The van der Waals surface area contributed by atoms with E-state index in [1.165, 1.54) is 38.5 Å². The third-order valence-corrected chi connectivity index (χ3v) is 5.49. The Morgan fingerprint density at radius 2 is 1.81 bits per heavy atom. The minimum absolute atomic E-state index is 0. The van der Waals surface area contributed by atoms with Gasteiger partial charge in [-0.3, -0.25) is 10.2 Å². The number of ether oxygens (including phenoxy) is 1. The van der Waals surface area contributed by atoms with Crippen LogP contribution in [0.3, 0.4) is 0 Å². The molecule has 4 rings (SSSR count). The van der Waals surface area contributed by atoms with E-state index in [-0.39, 0.29) is 18.5 Å². The molecule has 1 amide bonds. The van der Waals surface area contributed by atoms with Crippen molar-refractivity contribution in [1.82, 2.24) is 0 Å². The molecular weight excluding hydrogens is 352 g/mol. The maximum atomic E-state index is 12.4. The number of hydrogen-bond donors (Lipinski definition) is 1. The topological polar surface area (TPSA) is 47.6 Å². The van der Waals surface area contributed by atoms with E-state index in [0.29, 0.717) is 22.7 Å². The molecule has 26 heavy (non-hydrogen) atoms. The van der Waals surface area contributed by atoms with Gasteiger partial charge < -0.3 is 17.1 Å². The lowest BCUT2D eigenvalue weighted by Crippen LogP contribution is -3.00. The highest BCUT2D eigenvalue weighted by atomic mass is 35.5. The van der Waals surface area contributed by atoms with E-state index in [1.807, 2.05) is 24.3 Å². The Morgan fingerprint density at radius 3 is 2.50 bits per heavy atom. The Balaban J connectivity index is 0.00000243. The predicted octanol–water partition coefficient (Wildman–Crippen LogP) is 1.74. The number of carbonyl (C=O) groups excluding carboxylic acids is 1. The van der Waals surface area contributed by atoms with Crippen molar-refractivity contribution in [3.8, 4) is 5.75 Å². The summed E-state index contributed by atoms with van der Waals surface area (Å²) in [6.45, 7) is 5.73. The Labute approximate surface area is 163 Å². The quantitative estimate of drug-likeness (QED) is 0.550. The van der Waals surface area contributed by atoms with Gasteiger partial charge in [-0.05, 0) is 24.5 Å². The third-order valence-electron chi connectivity index (χ3n) is 5.49. The Hall–Kier alpha value is -1.46. The average Bonchev–Trinajstić information content (AvgIpc) is 2.64. The number of amides is 1. The number of fused-ring (bicyclic) bond motifs is 3. The number of halogens is 1. The van der Waals surface area contributed by atoms with Gasteiger partial charge in [0.25, 0.3) is 0 Å². The molecular formula is C20H31ClN2O3. The van der Waals surface area contributed by atoms with Crippen LogP contribution in [0.1, 0.15) is 51.9 Å². The third kappa shape index (κ3) is 5.52. The van der Waals surface area contributed by atoms with Crippen molar-refractivity contribution >= 4 is 11.8 Å². The van der Waals surface area contributed by atoms with Gasteiger partial charge in [-0.1, -0.05) is 38.3 Å². The fourth-order valence-electron chi connectivity index (χ4n) is 3.87. The molecule has 0 unspecified atom stereocenters. The summed E-state index contributed by atoms with van der Waals surface area (Å²) in [5, 5.41) is 2.88. The van der Waals surface area contributed by atoms with E-state index in [4.69, 9.17) is 9.57 Å². The minimum atomic E-state index is -0.373. The number of nitrogens with zero attached hydrogens (tertiary/aromatic N) is 1. The molecule has 3 saturated heterocycles. The Morgan fingerprint density at radius 1 is 1.12 bits per heavy atom. The molecule has 0 radical (unpaired) electrons. The van der Waals surface area contributed by atoms with Crippen molar-refractivity contribution < 1.29 is 31.4 Å². The van der Waals surface area contributed by atoms with Crippen LogP contribution in [0, 0.1) is 5.92 Å². The van der Waals surface area contributed by atoms with Gasteiger partial charge in [0.2, 0.25) is 0 Å². The number of nitrogens with one attached hydrogen (secondary N) is 1. The van der Waals surface area contributed by atoms with E-state index in [1.54, 1.807) is 0 Å². The second-order valence-corrected chi connectivity index (χ2v) is 7.37. The van der Waals surface area contributed by atoms with Crippen LogP contribution in [0.2, 0.25) is 0 Å². The zero-order chi connectivity index (χ0) is 17.5. The fraction of sp³-hybridized carbons (Fsp3) is 0.650. The molecule has 1 N–H and O–H groups in total. The van der Waals surface area contributed by atoms with E-state index < -0.39 is 0 Å². The lowest BCUT2D eigenvalue weighted by molar-refractivity contribution is -1.10. The normalized spacial score (nSPS) is 23.8. The van der Waals surface area contributed by atoms with Gasteiger partial charge in [0.15, 0.2) is 0 Å². The summed E-state index contributed by atoms with van der Waals surface area (Å²) in [4.78, 5) is 18.2. The van der Waals surface area contributed by atoms with Crippen molar-refractivity contribution in [2.24, 2.45) is 5.92 Å². The monoisotopic (exact) mass is 382 g/mol. The fourth-order valence-corrected chi connectivity index (χ4v) is 3.87. The number of quaternary nitrogens is 1. The summed E-state index contributed by atoms with van der Waals surface area (Å²) >= 11 is 0. The first-order chi connectivity index (χ1) is 12.2. The summed E-state index contributed by atoms with van der Waals surface area (Å²) in [5.74, 6) is 1.56. The molecule has 0 atom stereocenters. The molecule has 2 bridgehead atoms. The highest BCUT2D eigenvalue weighted by Crippen LogP contribution is 2.34. The van der Waals surface area contributed by atoms with Crippen molar-refractivity contribution in [2.45, 2.75) is 51.9 Å². The lowest BCUT2D eigenvalue weighted by Gasteiger charge is -2.44. The molecule has 0 aliphatic carbocycles. The van der Waals surface area contributed by atoms with Crippen molar-refractivity contribution in [3.05, 3.63) is 24.3 Å². The maximum Gasteiger partial charge on any atom is 0.466 e. The van der Waals surface area contributed by atoms with Crippen LogP contribution >= 0.6 is 0 Å². The number of piperidine rings is 3. The van der Waals surface area contributed by atoms with Crippen molar-refractivity contribution in [1.29, 1.82) is 0 Å². The van der Waals surface area contributed by atoms with Crippen LogP contribution < -0.4 is 22.5 Å². The largest absolute Gasteiger partial charge is 1.00 e. The molecule has 3 aliphatic heterocycles. The van der Waals surface area contributed by atoms with E-state index >= 15 is 0 Å². The Kier molecular flexibility index (Phi) is 8.04. The predicted molar refractivity (Wildman–Crippen MR) is 98.4 cm³/mol. The number of hydrogen-bond acceptors (Lipinski definition) is 3. The summed E-state index contributed by atoms with van der Waals surface area (Å²) in [5.41, 5.74) is 0.688. The van der Waals surface area contributed by atoms with Gasteiger partial charge in [0.05, 0.1) is 12.3 Å². The van der Waals surface area contributed by atoms with Gasteiger partial charge >= 0.3 is 6.09 Å². The summed E-state index contributed by atoms with van der Waals surface area (Å²) in [6.07, 6.45) is 7.80. The molecule has 3 fully saturated rings. The summed E-state index contributed by atoms with van der Waals surface area (Å²) in [7, 11) is 0. The van der Waals surface area contributed by atoms with Gasteiger partial charge in [0, 0.05) is 19.3 Å². The standard InChI is InChI=1S/C20H30N2O3.ClH/c1-2-3-4-7-16-24-19-9-6-5-8-18(19)21-20(23)25-22-13-10-17(11-14-22)12-15-22;/h5-6,8-9,17H,2-4,7,10-16H2,1H3;1H. The second-order valence-electron chi connectivity index (χ2n) is 7.37. The van der Waals surface area contributed by atoms with Crippen molar-refractivity contribution in [3.63, 3.8) is 0 Å². The molecule has 146 valence electrons. The Bertz CT molecular complexity index is 560. The number of unbranched alkanes of at least 4 members (excludes halogenated alkanes) is 3. The average molecular weight is 383 g/mol. The molecule has 0 spiro atoms. The highest BCUT2D eigenvalue weighted by molar-refractivity contribution is 5.86. The molecule has 3 heterocycles. The van der Waals surface area contributed by atoms with E-state index in [2.05, 4.69) is 12.2 Å². The first-order valence-electron chi connectivity index (χ1n) is 9.79. The molecule has 1 aromatic carbocycles. The minimum Gasteiger partial charge on any atom is -1.00 e. The van der Waals surface area contributed by atoms with Gasteiger partial charge in [-0.25, -0.2) is 4.79 Å². The van der Waals surface area contributed by atoms with Gasteiger partial charge in [0.1, 0.15) is 25.4 Å². The van der Waals surface area contributed by atoms with Crippen LogP contribution in [-0.2, 0) is 4.84 Å². The van der Waals surface area contributed by atoms with E-state index in [9.17, 15) is 4.79 Å². The smallest absolute Gasteiger partial charge is 0.466 e. The highest BCUT2D eigenvalue weighted by Gasteiger charge is 2.44. The zero-order valence-corrected chi connectivity index (χ0v) is 16.5. The number of hydroxylamine groups is 3. The molecule has 1 aromatic rings.